The normalized spacial score (nSPS) is 17.0. The van der Waals surface area contributed by atoms with Crippen LogP contribution in [-0.4, -0.2) is 40.2 Å². The van der Waals surface area contributed by atoms with E-state index in [-0.39, 0.29) is 23.3 Å². The molecule has 2 aromatic carbocycles. The quantitative estimate of drug-likeness (QED) is 0.765. The zero-order valence-electron chi connectivity index (χ0n) is 17.1. The average Bonchev–Trinajstić information content (AvgIpc) is 3.08. The van der Waals surface area contributed by atoms with E-state index in [2.05, 4.69) is 12.1 Å². The Morgan fingerprint density at radius 3 is 2.11 bits per heavy atom. The van der Waals surface area contributed by atoms with Crippen LogP contribution in [0.3, 0.4) is 0 Å². The molecular formula is C24H30N2O2. The molecule has 0 aliphatic carbocycles. The van der Waals surface area contributed by atoms with Gasteiger partial charge in [-0.3, -0.25) is 9.59 Å². The summed E-state index contributed by atoms with van der Waals surface area (Å²) in [6, 6.07) is 20.3. The smallest absolute Gasteiger partial charge is 0.228 e. The van der Waals surface area contributed by atoms with Gasteiger partial charge in [-0.05, 0) is 38.3 Å². The second-order valence-electron chi connectivity index (χ2n) is 8.56. The van der Waals surface area contributed by atoms with E-state index in [0.29, 0.717) is 26.1 Å². The lowest BCUT2D eigenvalue weighted by Crippen LogP contribution is -2.44. The van der Waals surface area contributed by atoms with Crippen molar-refractivity contribution in [2.45, 2.75) is 45.7 Å². The number of likely N-dealkylation sites (tertiary alicyclic amines) is 1. The molecule has 0 aromatic heterocycles. The summed E-state index contributed by atoms with van der Waals surface area (Å²) in [5.41, 5.74) is 2.08. The minimum absolute atomic E-state index is 0.0774. The fraction of sp³-hybridized carbons (Fsp3) is 0.417. The molecule has 4 nitrogen and oxygen atoms in total. The predicted octanol–water partition coefficient (Wildman–Crippen LogP) is 3.90. The molecule has 2 aromatic rings. The summed E-state index contributed by atoms with van der Waals surface area (Å²) in [5, 5.41) is 0. The highest BCUT2D eigenvalue weighted by atomic mass is 16.2. The summed E-state index contributed by atoms with van der Waals surface area (Å²) < 4.78 is 0. The topological polar surface area (TPSA) is 40.6 Å². The van der Waals surface area contributed by atoms with Gasteiger partial charge < -0.3 is 9.80 Å². The molecule has 4 heteroatoms. The molecule has 1 aliphatic rings. The number of benzene rings is 2. The van der Waals surface area contributed by atoms with Crippen LogP contribution in [0.2, 0.25) is 0 Å². The van der Waals surface area contributed by atoms with E-state index in [1.807, 2.05) is 79.1 Å². The van der Waals surface area contributed by atoms with Crippen molar-refractivity contribution in [3.05, 3.63) is 71.8 Å². The van der Waals surface area contributed by atoms with Crippen LogP contribution in [0.4, 0.5) is 0 Å². The molecule has 1 saturated heterocycles. The molecular weight excluding hydrogens is 348 g/mol. The van der Waals surface area contributed by atoms with E-state index >= 15 is 0 Å². The molecule has 1 fully saturated rings. The molecule has 28 heavy (non-hydrogen) atoms. The van der Waals surface area contributed by atoms with Gasteiger partial charge in [0, 0.05) is 31.6 Å². The fourth-order valence-corrected chi connectivity index (χ4v) is 3.76. The van der Waals surface area contributed by atoms with Gasteiger partial charge in [-0.2, -0.15) is 0 Å². The summed E-state index contributed by atoms with van der Waals surface area (Å²) in [5.74, 6) is -0.0975. The Kier molecular flexibility index (Phi) is 6.18. The van der Waals surface area contributed by atoms with Crippen molar-refractivity contribution in [2.75, 3.05) is 13.1 Å². The summed E-state index contributed by atoms with van der Waals surface area (Å²) in [7, 11) is 0. The van der Waals surface area contributed by atoms with Gasteiger partial charge in [-0.25, -0.2) is 0 Å². The lowest BCUT2D eigenvalue weighted by molar-refractivity contribution is -0.136. The fourth-order valence-electron chi connectivity index (χ4n) is 3.76. The Morgan fingerprint density at radius 1 is 1.00 bits per heavy atom. The van der Waals surface area contributed by atoms with E-state index in [4.69, 9.17) is 0 Å². The number of nitrogens with zero attached hydrogens (tertiary/aromatic N) is 2. The van der Waals surface area contributed by atoms with Crippen molar-refractivity contribution in [1.29, 1.82) is 0 Å². The Morgan fingerprint density at radius 2 is 1.57 bits per heavy atom. The standard InChI is InChI=1S/C24H30N2O2/c1-24(2,3)26-18-21(16-22(26)27)23(28)25(17-20-12-8-5-9-13-20)15-14-19-10-6-4-7-11-19/h4-13,21H,14-18H2,1-3H3. The van der Waals surface area contributed by atoms with Gasteiger partial charge in [0.2, 0.25) is 11.8 Å². The van der Waals surface area contributed by atoms with Crippen molar-refractivity contribution in [2.24, 2.45) is 5.92 Å². The minimum atomic E-state index is -0.258. The predicted molar refractivity (Wildman–Crippen MR) is 112 cm³/mol. The van der Waals surface area contributed by atoms with E-state index < -0.39 is 0 Å². The number of hydrogen-bond acceptors (Lipinski definition) is 2. The summed E-state index contributed by atoms with van der Waals surface area (Å²) in [6.45, 7) is 7.81. The second-order valence-corrected chi connectivity index (χ2v) is 8.56. The monoisotopic (exact) mass is 378 g/mol. The molecule has 148 valence electrons. The highest BCUT2D eigenvalue weighted by Gasteiger charge is 2.40. The van der Waals surface area contributed by atoms with Crippen molar-refractivity contribution < 1.29 is 9.59 Å². The third-order valence-corrected chi connectivity index (χ3v) is 5.33. The molecule has 1 atom stereocenters. The maximum Gasteiger partial charge on any atom is 0.228 e. The number of rotatable bonds is 6. The first-order valence-corrected chi connectivity index (χ1v) is 10.0. The van der Waals surface area contributed by atoms with Gasteiger partial charge in [0.15, 0.2) is 0 Å². The largest absolute Gasteiger partial charge is 0.338 e. The third kappa shape index (κ3) is 5.00. The molecule has 0 radical (unpaired) electrons. The van der Waals surface area contributed by atoms with E-state index in [9.17, 15) is 9.59 Å². The van der Waals surface area contributed by atoms with Crippen LogP contribution in [0, 0.1) is 5.92 Å². The van der Waals surface area contributed by atoms with Crippen molar-refractivity contribution >= 4 is 11.8 Å². The zero-order chi connectivity index (χ0) is 20.1. The molecule has 0 spiro atoms. The molecule has 3 rings (SSSR count). The molecule has 0 saturated carbocycles. The Balaban J connectivity index is 1.73. The van der Waals surface area contributed by atoms with Crippen molar-refractivity contribution in [1.82, 2.24) is 9.80 Å². The van der Waals surface area contributed by atoms with Gasteiger partial charge in [0.1, 0.15) is 0 Å². The molecule has 0 N–H and O–H groups in total. The summed E-state index contributed by atoms with van der Waals surface area (Å²) >= 11 is 0. The summed E-state index contributed by atoms with van der Waals surface area (Å²) in [4.78, 5) is 29.6. The molecule has 0 bridgehead atoms. The average molecular weight is 379 g/mol. The lowest BCUT2D eigenvalue weighted by atomic mass is 10.0. The van der Waals surface area contributed by atoms with Crippen LogP contribution >= 0.6 is 0 Å². The van der Waals surface area contributed by atoms with Gasteiger partial charge in [0.25, 0.3) is 0 Å². The highest BCUT2D eigenvalue weighted by molar-refractivity contribution is 5.89. The molecule has 1 aliphatic heterocycles. The van der Waals surface area contributed by atoms with Crippen molar-refractivity contribution in [3.8, 4) is 0 Å². The number of carbonyl (C=O) groups excluding carboxylic acids is 2. The molecule has 2 amide bonds. The Labute approximate surface area is 168 Å². The Bertz CT molecular complexity index is 796. The van der Waals surface area contributed by atoms with Crippen molar-refractivity contribution in [3.63, 3.8) is 0 Å². The first-order valence-electron chi connectivity index (χ1n) is 10.0. The van der Waals surface area contributed by atoms with Gasteiger partial charge in [-0.15, -0.1) is 0 Å². The third-order valence-electron chi connectivity index (χ3n) is 5.33. The SMILES string of the molecule is CC(C)(C)N1CC(C(=O)N(CCc2ccccc2)Cc2ccccc2)CC1=O. The maximum absolute atomic E-state index is 13.3. The lowest BCUT2D eigenvalue weighted by Gasteiger charge is -2.32. The number of hydrogen-bond donors (Lipinski definition) is 0. The van der Waals surface area contributed by atoms with Crippen LogP contribution < -0.4 is 0 Å². The first-order chi connectivity index (χ1) is 13.3. The van der Waals surface area contributed by atoms with Crippen LogP contribution in [0.15, 0.2) is 60.7 Å². The summed E-state index contributed by atoms with van der Waals surface area (Å²) in [6.07, 6.45) is 1.12. The minimum Gasteiger partial charge on any atom is -0.338 e. The van der Waals surface area contributed by atoms with E-state index in [1.54, 1.807) is 0 Å². The van der Waals surface area contributed by atoms with Crippen LogP contribution in [-0.2, 0) is 22.6 Å². The first kappa shape index (κ1) is 20.1. The number of carbonyl (C=O) groups is 2. The van der Waals surface area contributed by atoms with E-state index in [0.717, 1.165) is 12.0 Å². The second kappa shape index (κ2) is 8.59. The van der Waals surface area contributed by atoms with Gasteiger partial charge in [0.05, 0.1) is 5.92 Å². The zero-order valence-corrected chi connectivity index (χ0v) is 17.1. The molecule has 1 heterocycles. The van der Waals surface area contributed by atoms with Gasteiger partial charge >= 0.3 is 0 Å². The Hall–Kier alpha value is -2.62. The maximum atomic E-state index is 13.3. The van der Waals surface area contributed by atoms with Crippen LogP contribution in [0.5, 0.6) is 0 Å². The van der Waals surface area contributed by atoms with Gasteiger partial charge in [-0.1, -0.05) is 60.7 Å². The van der Waals surface area contributed by atoms with Crippen LogP contribution in [0.1, 0.15) is 38.3 Å². The van der Waals surface area contributed by atoms with Crippen LogP contribution in [0.25, 0.3) is 0 Å². The number of amides is 2. The van der Waals surface area contributed by atoms with E-state index in [1.165, 1.54) is 5.56 Å². The molecule has 1 unspecified atom stereocenters. The highest BCUT2D eigenvalue weighted by Crippen LogP contribution is 2.27.